The van der Waals surface area contributed by atoms with Crippen LogP contribution in [0.2, 0.25) is 0 Å². The Morgan fingerprint density at radius 1 is 1.03 bits per heavy atom. The second-order valence-electron chi connectivity index (χ2n) is 7.57. The number of rotatable bonds is 3. The van der Waals surface area contributed by atoms with Gasteiger partial charge in [0.25, 0.3) is 5.91 Å². The lowest BCUT2D eigenvalue weighted by Gasteiger charge is -2.18. The van der Waals surface area contributed by atoms with E-state index in [1.165, 1.54) is 11.1 Å². The first-order chi connectivity index (χ1) is 14.5. The Hall–Kier alpha value is -3.19. The van der Waals surface area contributed by atoms with E-state index < -0.39 is 0 Å². The van der Waals surface area contributed by atoms with Crippen LogP contribution in [0.3, 0.4) is 0 Å². The van der Waals surface area contributed by atoms with E-state index in [9.17, 15) is 4.79 Å². The molecule has 1 amide bonds. The van der Waals surface area contributed by atoms with Gasteiger partial charge in [0.05, 0.1) is 30.0 Å². The van der Waals surface area contributed by atoms with Crippen LogP contribution in [0.4, 0.5) is 0 Å². The van der Waals surface area contributed by atoms with Gasteiger partial charge in [0.1, 0.15) is 5.82 Å². The minimum absolute atomic E-state index is 0.0435. The molecule has 0 radical (unpaired) electrons. The zero-order chi connectivity index (χ0) is 20.8. The van der Waals surface area contributed by atoms with E-state index in [4.69, 9.17) is 5.10 Å². The molecule has 0 aliphatic carbocycles. The highest BCUT2D eigenvalue weighted by Gasteiger charge is 2.32. The summed E-state index contributed by atoms with van der Waals surface area (Å²) in [5.74, 6) is 0.930. The number of carbonyl (C=O) groups excluding carboxylic acids is 1. The van der Waals surface area contributed by atoms with Crippen LogP contribution in [0.1, 0.15) is 32.7 Å². The lowest BCUT2D eigenvalue weighted by molar-refractivity contribution is 0.0748. The molecule has 1 aliphatic rings. The second kappa shape index (κ2) is 7.25. The first kappa shape index (κ1) is 18.8. The average molecular weight is 462 g/mol. The van der Waals surface area contributed by atoms with Crippen molar-refractivity contribution in [2.45, 2.75) is 26.9 Å². The molecule has 150 valence electrons. The lowest BCUT2D eigenvalue weighted by atomic mass is 10.1. The van der Waals surface area contributed by atoms with E-state index in [2.05, 4.69) is 57.5 Å². The SMILES string of the molecule is Cc1ccc(-n2nc3c(c2-n2cccc2)CN(C(=O)c2cncc(Br)c2)C3)cc1C. The predicted molar refractivity (Wildman–Crippen MR) is 118 cm³/mol. The number of halogens is 1. The monoisotopic (exact) mass is 461 g/mol. The van der Waals surface area contributed by atoms with Gasteiger partial charge in [0.2, 0.25) is 0 Å². The summed E-state index contributed by atoms with van der Waals surface area (Å²) in [6.45, 7) is 5.21. The second-order valence-corrected chi connectivity index (χ2v) is 8.49. The summed E-state index contributed by atoms with van der Waals surface area (Å²) < 4.78 is 4.84. The maximum absolute atomic E-state index is 13.0. The third-order valence-electron chi connectivity index (χ3n) is 5.55. The van der Waals surface area contributed by atoms with Crippen molar-refractivity contribution in [3.63, 3.8) is 0 Å². The molecule has 4 heterocycles. The molecular formula is C23H20BrN5O. The van der Waals surface area contributed by atoms with Gasteiger partial charge in [0.15, 0.2) is 0 Å². The molecular weight excluding hydrogens is 442 g/mol. The van der Waals surface area contributed by atoms with Gasteiger partial charge in [-0.05, 0) is 71.2 Å². The molecule has 1 aromatic carbocycles. The summed E-state index contributed by atoms with van der Waals surface area (Å²) in [5.41, 5.74) is 6.05. The van der Waals surface area contributed by atoms with Crippen LogP contribution in [0.15, 0.2) is 65.7 Å². The zero-order valence-electron chi connectivity index (χ0n) is 16.7. The van der Waals surface area contributed by atoms with Crippen LogP contribution in [0.5, 0.6) is 0 Å². The fraction of sp³-hybridized carbons (Fsp3) is 0.174. The largest absolute Gasteiger partial charge is 0.328 e. The number of benzene rings is 1. The van der Waals surface area contributed by atoms with E-state index in [0.29, 0.717) is 18.7 Å². The van der Waals surface area contributed by atoms with Gasteiger partial charge in [-0.2, -0.15) is 5.10 Å². The minimum atomic E-state index is -0.0435. The number of nitrogens with zero attached hydrogens (tertiary/aromatic N) is 5. The molecule has 0 atom stereocenters. The minimum Gasteiger partial charge on any atom is -0.328 e. The van der Waals surface area contributed by atoms with Gasteiger partial charge in [-0.15, -0.1) is 0 Å². The van der Waals surface area contributed by atoms with Crippen LogP contribution in [0, 0.1) is 13.8 Å². The summed E-state index contributed by atoms with van der Waals surface area (Å²) in [7, 11) is 0. The quantitative estimate of drug-likeness (QED) is 0.448. The smallest absolute Gasteiger partial charge is 0.256 e. The Labute approximate surface area is 182 Å². The number of amides is 1. The highest BCUT2D eigenvalue weighted by atomic mass is 79.9. The summed E-state index contributed by atoms with van der Waals surface area (Å²) in [5, 5.41) is 4.91. The Bertz CT molecular complexity index is 1260. The van der Waals surface area contributed by atoms with Crippen LogP contribution in [-0.4, -0.2) is 30.1 Å². The van der Waals surface area contributed by atoms with E-state index in [0.717, 1.165) is 27.2 Å². The highest BCUT2D eigenvalue weighted by molar-refractivity contribution is 9.10. The number of hydrogen-bond donors (Lipinski definition) is 0. The van der Waals surface area contributed by atoms with E-state index in [1.807, 2.05) is 34.1 Å². The molecule has 0 bridgehead atoms. The van der Waals surface area contributed by atoms with Gasteiger partial charge in [-0.3, -0.25) is 9.78 Å². The van der Waals surface area contributed by atoms with Crippen molar-refractivity contribution < 1.29 is 4.79 Å². The number of aromatic nitrogens is 4. The van der Waals surface area contributed by atoms with Crippen LogP contribution >= 0.6 is 15.9 Å². The molecule has 1 aliphatic heterocycles. The predicted octanol–water partition coefficient (Wildman–Crippen LogP) is 4.59. The molecule has 0 fully saturated rings. The van der Waals surface area contributed by atoms with Crippen molar-refractivity contribution in [3.8, 4) is 11.5 Å². The Morgan fingerprint density at radius 2 is 1.83 bits per heavy atom. The van der Waals surface area contributed by atoms with Crippen LogP contribution < -0.4 is 0 Å². The van der Waals surface area contributed by atoms with E-state index >= 15 is 0 Å². The number of aryl methyl sites for hydroxylation is 2. The zero-order valence-corrected chi connectivity index (χ0v) is 18.3. The topological polar surface area (TPSA) is 56.0 Å². The Balaban J connectivity index is 1.55. The Morgan fingerprint density at radius 3 is 2.57 bits per heavy atom. The van der Waals surface area contributed by atoms with Crippen molar-refractivity contribution in [1.82, 2.24) is 24.2 Å². The van der Waals surface area contributed by atoms with Gasteiger partial charge in [-0.1, -0.05) is 6.07 Å². The summed E-state index contributed by atoms with van der Waals surface area (Å²) in [4.78, 5) is 19.0. The van der Waals surface area contributed by atoms with Gasteiger partial charge >= 0.3 is 0 Å². The molecule has 0 saturated heterocycles. The van der Waals surface area contributed by atoms with Gasteiger partial charge < -0.3 is 9.47 Å². The molecule has 6 nitrogen and oxygen atoms in total. The maximum Gasteiger partial charge on any atom is 0.256 e. The molecule has 0 unspecified atom stereocenters. The number of pyridine rings is 1. The standard InChI is InChI=1S/C23H20BrN5O/c1-15-5-6-19(9-16(15)2)29-22(27-7-3-4-8-27)20-13-28(14-21(20)26-29)23(30)17-10-18(24)12-25-11-17/h3-12H,13-14H2,1-2H3. The van der Waals surface area contributed by atoms with E-state index in [1.54, 1.807) is 18.5 Å². The maximum atomic E-state index is 13.0. The van der Waals surface area contributed by atoms with Crippen LogP contribution in [0.25, 0.3) is 11.5 Å². The van der Waals surface area contributed by atoms with Crippen molar-refractivity contribution in [2.24, 2.45) is 0 Å². The highest BCUT2D eigenvalue weighted by Crippen LogP contribution is 2.32. The van der Waals surface area contributed by atoms with Gasteiger partial charge in [0, 0.05) is 34.8 Å². The lowest BCUT2D eigenvalue weighted by Crippen LogP contribution is -2.26. The molecule has 3 aromatic heterocycles. The molecule has 30 heavy (non-hydrogen) atoms. The third-order valence-corrected chi connectivity index (χ3v) is 5.99. The first-order valence-corrected chi connectivity index (χ1v) is 10.5. The number of hydrogen-bond acceptors (Lipinski definition) is 3. The average Bonchev–Trinajstić information content (AvgIpc) is 3.45. The van der Waals surface area contributed by atoms with Crippen molar-refractivity contribution >= 4 is 21.8 Å². The molecule has 0 spiro atoms. The fourth-order valence-electron chi connectivity index (χ4n) is 3.84. The Kier molecular flexibility index (Phi) is 4.55. The van der Waals surface area contributed by atoms with Crippen molar-refractivity contribution in [1.29, 1.82) is 0 Å². The third kappa shape index (κ3) is 3.15. The number of fused-ring (bicyclic) bond motifs is 1. The molecule has 0 saturated carbocycles. The van der Waals surface area contributed by atoms with Crippen molar-refractivity contribution in [2.75, 3.05) is 0 Å². The molecule has 4 aromatic rings. The van der Waals surface area contributed by atoms with Crippen LogP contribution in [-0.2, 0) is 13.1 Å². The van der Waals surface area contributed by atoms with Gasteiger partial charge in [-0.25, -0.2) is 4.68 Å². The van der Waals surface area contributed by atoms with E-state index in [-0.39, 0.29) is 5.91 Å². The molecule has 5 rings (SSSR count). The summed E-state index contributed by atoms with van der Waals surface area (Å²) in [6, 6.07) is 12.2. The summed E-state index contributed by atoms with van der Waals surface area (Å²) >= 11 is 3.39. The molecule has 0 N–H and O–H groups in total. The molecule has 7 heteroatoms. The fourth-order valence-corrected chi connectivity index (χ4v) is 4.20. The summed E-state index contributed by atoms with van der Waals surface area (Å²) in [6.07, 6.45) is 7.30. The first-order valence-electron chi connectivity index (χ1n) is 9.73. The normalized spacial score (nSPS) is 13.0. The number of carbonyl (C=O) groups is 1. The van der Waals surface area contributed by atoms with Crippen molar-refractivity contribution in [3.05, 3.63) is 93.6 Å².